The molecular weight excluding hydrogens is 308 g/mol. The van der Waals surface area contributed by atoms with Gasteiger partial charge in [0.15, 0.2) is 0 Å². The molecule has 0 unspecified atom stereocenters. The first-order valence-corrected chi connectivity index (χ1v) is 8.01. The normalized spacial score (nSPS) is 11.2. The van der Waals surface area contributed by atoms with Crippen molar-refractivity contribution in [2.45, 2.75) is 19.8 Å². The molecule has 118 valence electrons. The van der Waals surface area contributed by atoms with E-state index < -0.39 is 0 Å². The maximum absolute atomic E-state index is 13.1. The fraction of sp³-hybridized carbons (Fsp3) is 0.211. The Morgan fingerprint density at radius 3 is 2.30 bits per heavy atom. The number of hydrogen-bond donors (Lipinski definition) is 0. The zero-order chi connectivity index (χ0) is 16.6. The summed E-state index contributed by atoms with van der Waals surface area (Å²) in [6.45, 7) is 4.20. The Labute approximate surface area is 140 Å². The molecule has 0 bridgehead atoms. The molecular formula is C19H19ClN2O. The van der Waals surface area contributed by atoms with Crippen molar-refractivity contribution >= 4 is 11.6 Å². The quantitative estimate of drug-likeness (QED) is 0.690. The fourth-order valence-corrected chi connectivity index (χ4v) is 3.24. The number of nitrogens with zero attached hydrogens (tertiary/aromatic N) is 2. The Kier molecular flexibility index (Phi) is 4.14. The lowest BCUT2D eigenvalue weighted by Gasteiger charge is -2.13. The van der Waals surface area contributed by atoms with E-state index >= 15 is 0 Å². The van der Waals surface area contributed by atoms with E-state index in [-0.39, 0.29) is 11.5 Å². The summed E-state index contributed by atoms with van der Waals surface area (Å²) in [5, 5.41) is 0.614. The summed E-state index contributed by atoms with van der Waals surface area (Å²) in [6.07, 6.45) is 0. The van der Waals surface area contributed by atoms with Crippen molar-refractivity contribution in [3.8, 4) is 16.8 Å². The molecule has 0 aliphatic carbocycles. The second-order valence-corrected chi connectivity index (χ2v) is 6.34. The predicted molar refractivity (Wildman–Crippen MR) is 95.5 cm³/mol. The van der Waals surface area contributed by atoms with Crippen LogP contribution in [0.4, 0.5) is 0 Å². The molecule has 0 saturated heterocycles. The van der Waals surface area contributed by atoms with Crippen molar-refractivity contribution in [3.63, 3.8) is 0 Å². The van der Waals surface area contributed by atoms with Gasteiger partial charge in [-0.25, -0.2) is 4.68 Å². The minimum absolute atomic E-state index is 0.0235. The molecule has 0 aliphatic heterocycles. The summed E-state index contributed by atoms with van der Waals surface area (Å²) in [5.74, 6) is 0.225. The van der Waals surface area contributed by atoms with Crippen LogP contribution in [-0.4, -0.2) is 9.36 Å². The van der Waals surface area contributed by atoms with Gasteiger partial charge in [-0.3, -0.25) is 9.48 Å². The van der Waals surface area contributed by atoms with Crippen LogP contribution >= 0.6 is 11.6 Å². The van der Waals surface area contributed by atoms with Crippen LogP contribution in [0.25, 0.3) is 16.8 Å². The molecule has 0 saturated carbocycles. The van der Waals surface area contributed by atoms with E-state index in [1.165, 1.54) is 0 Å². The largest absolute Gasteiger partial charge is 0.284 e. The van der Waals surface area contributed by atoms with Crippen molar-refractivity contribution in [2.75, 3.05) is 0 Å². The van der Waals surface area contributed by atoms with E-state index in [9.17, 15) is 4.79 Å². The first-order chi connectivity index (χ1) is 11.0. The predicted octanol–water partition coefficient (Wildman–Crippen LogP) is 4.62. The summed E-state index contributed by atoms with van der Waals surface area (Å²) in [4.78, 5) is 13.1. The van der Waals surface area contributed by atoms with Crippen LogP contribution in [0.15, 0.2) is 59.4 Å². The van der Waals surface area contributed by atoms with Gasteiger partial charge in [-0.15, -0.1) is 0 Å². The highest BCUT2D eigenvalue weighted by Crippen LogP contribution is 2.28. The highest BCUT2D eigenvalue weighted by atomic mass is 35.5. The van der Waals surface area contributed by atoms with Crippen LogP contribution in [0.2, 0.25) is 5.02 Å². The van der Waals surface area contributed by atoms with Gasteiger partial charge in [0.2, 0.25) is 0 Å². The summed E-state index contributed by atoms with van der Waals surface area (Å²) in [5.41, 5.74) is 3.46. The Bertz CT molecular complexity index is 891. The molecule has 4 heteroatoms. The van der Waals surface area contributed by atoms with Gasteiger partial charge in [0.05, 0.1) is 16.9 Å². The molecule has 0 amide bonds. The van der Waals surface area contributed by atoms with E-state index in [0.29, 0.717) is 5.02 Å². The Hall–Kier alpha value is -2.26. The average molecular weight is 327 g/mol. The van der Waals surface area contributed by atoms with Crippen molar-refractivity contribution in [3.05, 3.63) is 75.7 Å². The zero-order valence-corrected chi connectivity index (χ0v) is 14.2. The van der Waals surface area contributed by atoms with E-state index in [2.05, 4.69) is 13.8 Å². The molecule has 0 N–H and O–H groups in total. The Morgan fingerprint density at radius 1 is 1.00 bits per heavy atom. The summed E-state index contributed by atoms with van der Waals surface area (Å²) >= 11 is 6.10. The fourth-order valence-electron chi connectivity index (χ4n) is 3.06. The summed E-state index contributed by atoms with van der Waals surface area (Å²) in [7, 11) is 1.92. The van der Waals surface area contributed by atoms with Crippen LogP contribution in [0.3, 0.4) is 0 Å². The maximum atomic E-state index is 13.1. The molecule has 0 aliphatic rings. The van der Waals surface area contributed by atoms with Gasteiger partial charge in [0.25, 0.3) is 5.56 Å². The average Bonchev–Trinajstić information content (AvgIpc) is 2.79. The van der Waals surface area contributed by atoms with Gasteiger partial charge in [-0.1, -0.05) is 61.8 Å². The second kappa shape index (κ2) is 6.09. The van der Waals surface area contributed by atoms with Crippen LogP contribution < -0.4 is 5.56 Å². The third kappa shape index (κ3) is 2.73. The molecule has 3 aromatic rings. The van der Waals surface area contributed by atoms with Gasteiger partial charge in [-0.05, 0) is 29.7 Å². The van der Waals surface area contributed by atoms with E-state index in [1.54, 1.807) is 10.7 Å². The molecule has 3 nitrogen and oxygen atoms in total. The minimum atomic E-state index is -0.0235. The topological polar surface area (TPSA) is 26.9 Å². The van der Waals surface area contributed by atoms with Crippen LogP contribution in [-0.2, 0) is 7.05 Å². The maximum Gasteiger partial charge on any atom is 0.279 e. The van der Waals surface area contributed by atoms with Crippen LogP contribution in [0, 0.1) is 0 Å². The van der Waals surface area contributed by atoms with E-state index in [4.69, 9.17) is 11.6 Å². The molecule has 2 aromatic carbocycles. The SMILES string of the molecule is CC(C)c1c(-c2ccccc2)c(=O)n(-c2cccc(Cl)c2)n1C. The van der Waals surface area contributed by atoms with Crippen LogP contribution in [0.5, 0.6) is 0 Å². The Morgan fingerprint density at radius 2 is 1.70 bits per heavy atom. The molecule has 0 atom stereocenters. The molecule has 1 heterocycles. The van der Waals surface area contributed by atoms with Gasteiger partial charge >= 0.3 is 0 Å². The van der Waals surface area contributed by atoms with Gasteiger partial charge in [0.1, 0.15) is 0 Å². The van der Waals surface area contributed by atoms with E-state index in [1.807, 2.05) is 60.3 Å². The zero-order valence-electron chi connectivity index (χ0n) is 13.5. The first-order valence-electron chi connectivity index (χ1n) is 7.64. The third-order valence-electron chi connectivity index (χ3n) is 3.97. The molecule has 23 heavy (non-hydrogen) atoms. The lowest BCUT2D eigenvalue weighted by molar-refractivity contribution is 0.595. The summed E-state index contributed by atoms with van der Waals surface area (Å²) < 4.78 is 3.62. The molecule has 0 spiro atoms. The Balaban J connectivity index is 2.34. The standard InChI is InChI=1S/C19H19ClN2O/c1-13(2)18-17(14-8-5-4-6-9-14)19(23)22(21(18)3)16-11-7-10-15(20)12-16/h4-13H,1-3H3. The van der Waals surface area contributed by atoms with Gasteiger partial charge in [0, 0.05) is 12.1 Å². The minimum Gasteiger partial charge on any atom is -0.284 e. The van der Waals surface area contributed by atoms with E-state index in [0.717, 1.165) is 22.5 Å². The van der Waals surface area contributed by atoms with Gasteiger partial charge < -0.3 is 0 Å². The number of aromatic nitrogens is 2. The highest BCUT2D eigenvalue weighted by molar-refractivity contribution is 6.30. The summed E-state index contributed by atoms with van der Waals surface area (Å²) in [6, 6.07) is 17.2. The monoisotopic (exact) mass is 326 g/mol. The smallest absolute Gasteiger partial charge is 0.279 e. The molecule has 1 aromatic heterocycles. The van der Waals surface area contributed by atoms with Crippen molar-refractivity contribution in [1.29, 1.82) is 0 Å². The first kappa shape index (κ1) is 15.6. The number of hydrogen-bond acceptors (Lipinski definition) is 1. The van der Waals surface area contributed by atoms with Crippen molar-refractivity contribution in [2.24, 2.45) is 7.05 Å². The second-order valence-electron chi connectivity index (χ2n) is 5.90. The molecule has 0 fully saturated rings. The van der Waals surface area contributed by atoms with Crippen molar-refractivity contribution in [1.82, 2.24) is 9.36 Å². The van der Waals surface area contributed by atoms with Crippen LogP contribution in [0.1, 0.15) is 25.5 Å². The molecule has 0 radical (unpaired) electrons. The lowest BCUT2D eigenvalue weighted by atomic mass is 10.00. The molecule has 3 rings (SSSR count). The highest BCUT2D eigenvalue weighted by Gasteiger charge is 2.22. The lowest BCUT2D eigenvalue weighted by Crippen LogP contribution is -2.20. The van der Waals surface area contributed by atoms with Gasteiger partial charge in [-0.2, -0.15) is 0 Å². The third-order valence-corrected chi connectivity index (χ3v) is 4.21. The number of rotatable bonds is 3. The number of benzene rings is 2. The number of halogens is 1. The van der Waals surface area contributed by atoms with Crippen molar-refractivity contribution < 1.29 is 0 Å².